The van der Waals surface area contributed by atoms with Crippen LogP contribution in [0.4, 0.5) is 5.95 Å². The van der Waals surface area contributed by atoms with Crippen molar-refractivity contribution >= 4 is 33.6 Å². The number of methoxy groups -OCH3 is 1. The van der Waals surface area contributed by atoms with Crippen molar-refractivity contribution in [3.05, 3.63) is 5.28 Å². The first-order chi connectivity index (χ1) is 7.15. The molecule has 1 rings (SSSR count). The maximum absolute atomic E-state index is 8.54. The summed E-state index contributed by atoms with van der Waals surface area (Å²) in [6, 6.07) is 2.16. The normalized spacial score (nSPS) is 11.6. The molecule has 1 radical (unpaired) electrons. The molecule has 0 amide bonds. The van der Waals surface area contributed by atoms with Gasteiger partial charge in [0, 0.05) is 0 Å². The molecular weight excluding hydrogens is 285 g/mol. The predicted octanol–water partition coefficient (Wildman–Crippen LogP) is 0.426. The van der Waals surface area contributed by atoms with Crippen LogP contribution in [-0.4, -0.2) is 44.6 Å². The van der Waals surface area contributed by atoms with Crippen molar-refractivity contribution in [2.24, 2.45) is 0 Å². The molecule has 0 fully saturated rings. The number of hydrogen-bond donors (Lipinski definition) is 1. The summed E-state index contributed by atoms with van der Waals surface area (Å²) < 4.78 is 4.81. The Morgan fingerprint density at radius 3 is 2.93 bits per heavy atom. The van der Waals surface area contributed by atoms with E-state index in [1.165, 1.54) is 7.11 Å². The van der Waals surface area contributed by atoms with Gasteiger partial charge < -0.3 is 0 Å². The number of nitriles is 1. The molecule has 0 aliphatic carbocycles. The van der Waals surface area contributed by atoms with Crippen LogP contribution in [0.5, 0.6) is 6.01 Å². The van der Waals surface area contributed by atoms with E-state index in [9.17, 15) is 0 Å². The van der Waals surface area contributed by atoms with Crippen molar-refractivity contribution in [3.63, 3.8) is 0 Å². The molecule has 1 N–H and O–H groups in total. The summed E-state index contributed by atoms with van der Waals surface area (Å²) in [5.74, 6) is 0.280. The summed E-state index contributed by atoms with van der Waals surface area (Å²) in [5.41, 5.74) is 0. The summed E-state index contributed by atoms with van der Waals surface area (Å²) in [6.07, 6.45) is 0. The molecule has 1 aromatic rings. The number of ether oxygens (including phenoxy) is 1. The summed E-state index contributed by atoms with van der Waals surface area (Å²) >= 11 is 8.30. The van der Waals surface area contributed by atoms with Crippen molar-refractivity contribution in [3.8, 4) is 12.1 Å². The summed E-state index contributed by atoms with van der Waals surface area (Å²) in [6.45, 7) is 0.389. The van der Waals surface area contributed by atoms with E-state index in [1.54, 1.807) is 0 Å². The molecule has 1 aromatic heterocycles. The Morgan fingerprint density at radius 1 is 1.60 bits per heavy atom. The van der Waals surface area contributed by atoms with Gasteiger partial charge in [-0.1, -0.05) is 0 Å². The quantitative estimate of drug-likeness (QED) is 0.810. The molecule has 0 aromatic carbocycles. The van der Waals surface area contributed by atoms with E-state index in [2.05, 4.69) is 36.3 Å². The molecule has 0 saturated heterocycles. The van der Waals surface area contributed by atoms with Gasteiger partial charge in [0.2, 0.25) is 0 Å². The summed E-state index contributed by atoms with van der Waals surface area (Å²) in [5, 5.41) is 11.4. The molecule has 1 atom stereocenters. The molecule has 6 nitrogen and oxygen atoms in total. The fraction of sp³-hybridized carbons (Fsp3) is 0.429. The fourth-order valence-corrected chi connectivity index (χ4v) is 1.06. The van der Waals surface area contributed by atoms with E-state index in [4.69, 9.17) is 21.6 Å². The van der Waals surface area contributed by atoms with Gasteiger partial charge in [-0.05, 0) is 0 Å². The molecule has 0 aliphatic heterocycles. The standard InChI is InChI=1S/C7H7ClN5OSe/c1-14-7-12-5(8)11-6(13-7)10-3-4(15)2-9/h4H,3H2,1H3,(H,10,11,12,13). The van der Waals surface area contributed by atoms with E-state index in [0.29, 0.717) is 6.54 Å². The summed E-state index contributed by atoms with van der Waals surface area (Å²) in [4.78, 5) is 11.2. The van der Waals surface area contributed by atoms with Gasteiger partial charge in [-0.3, -0.25) is 0 Å². The minimum absolute atomic E-state index is 0.0398. The predicted molar refractivity (Wildman–Crippen MR) is 55.0 cm³/mol. The molecule has 0 saturated carbocycles. The van der Waals surface area contributed by atoms with Crippen LogP contribution in [0.1, 0.15) is 0 Å². The Balaban J connectivity index is 2.69. The molecule has 1 heterocycles. The second kappa shape index (κ2) is 5.71. The fourth-order valence-electron chi connectivity index (χ4n) is 0.732. The third kappa shape index (κ3) is 3.88. The van der Waals surface area contributed by atoms with Gasteiger partial charge in [0.25, 0.3) is 0 Å². The number of nitrogens with one attached hydrogen (secondary N) is 1. The van der Waals surface area contributed by atoms with E-state index in [-0.39, 0.29) is 22.1 Å². The molecule has 0 aliphatic rings. The molecular formula is C7H7ClN5OSe. The van der Waals surface area contributed by atoms with Crippen LogP contribution in [-0.2, 0) is 0 Å². The van der Waals surface area contributed by atoms with Crippen LogP contribution in [0, 0.1) is 11.3 Å². The zero-order valence-electron chi connectivity index (χ0n) is 7.77. The van der Waals surface area contributed by atoms with Gasteiger partial charge in [-0.2, -0.15) is 0 Å². The van der Waals surface area contributed by atoms with Gasteiger partial charge in [-0.25, -0.2) is 0 Å². The number of hydrogen-bond acceptors (Lipinski definition) is 6. The Bertz CT molecular complexity index is 382. The van der Waals surface area contributed by atoms with Gasteiger partial charge in [0.1, 0.15) is 0 Å². The van der Waals surface area contributed by atoms with Crippen LogP contribution in [0.3, 0.4) is 0 Å². The second-order valence-electron chi connectivity index (χ2n) is 2.41. The molecule has 15 heavy (non-hydrogen) atoms. The van der Waals surface area contributed by atoms with Crippen molar-refractivity contribution in [1.29, 1.82) is 5.26 Å². The minimum atomic E-state index is -0.258. The molecule has 79 valence electrons. The Morgan fingerprint density at radius 2 is 2.33 bits per heavy atom. The number of anilines is 1. The van der Waals surface area contributed by atoms with Crippen molar-refractivity contribution < 1.29 is 4.74 Å². The van der Waals surface area contributed by atoms with Crippen LogP contribution in [0.25, 0.3) is 0 Å². The molecule has 8 heteroatoms. The average molecular weight is 292 g/mol. The first kappa shape index (κ1) is 12.0. The number of rotatable bonds is 4. The zero-order chi connectivity index (χ0) is 11.3. The third-order valence-electron chi connectivity index (χ3n) is 1.36. The SMILES string of the molecule is COc1nc(Cl)nc(NCC([Se])C#N)n1. The van der Waals surface area contributed by atoms with Crippen LogP contribution < -0.4 is 10.1 Å². The number of aromatic nitrogens is 3. The van der Waals surface area contributed by atoms with Gasteiger partial charge >= 0.3 is 99.7 Å². The molecule has 0 spiro atoms. The van der Waals surface area contributed by atoms with Crippen molar-refractivity contribution in [2.75, 3.05) is 19.0 Å². The monoisotopic (exact) mass is 292 g/mol. The molecule has 0 bridgehead atoms. The van der Waals surface area contributed by atoms with Crippen LogP contribution in [0.2, 0.25) is 10.1 Å². The van der Waals surface area contributed by atoms with E-state index in [1.807, 2.05) is 6.07 Å². The van der Waals surface area contributed by atoms with Crippen LogP contribution in [0.15, 0.2) is 0 Å². The number of halogens is 1. The molecule has 1 unspecified atom stereocenters. The van der Waals surface area contributed by atoms with Gasteiger partial charge in [0.05, 0.1) is 0 Å². The average Bonchev–Trinajstić information content (AvgIpc) is 2.25. The van der Waals surface area contributed by atoms with E-state index >= 15 is 0 Å². The topological polar surface area (TPSA) is 83.7 Å². The maximum atomic E-state index is 8.54. The van der Waals surface area contributed by atoms with Crippen molar-refractivity contribution in [1.82, 2.24) is 15.0 Å². The van der Waals surface area contributed by atoms with Crippen LogP contribution >= 0.6 is 11.6 Å². The van der Waals surface area contributed by atoms with E-state index in [0.717, 1.165) is 0 Å². The third-order valence-corrected chi connectivity index (χ3v) is 2.10. The van der Waals surface area contributed by atoms with E-state index < -0.39 is 0 Å². The zero-order valence-corrected chi connectivity index (χ0v) is 10.2. The second-order valence-corrected chi connectivity index (χ2v) is 3.95. The summed E-state index contributed by atoms with van der Waals surface area (Å²) in [7, 11) is 1.43. The Kier molecular flexibility index (Phi) is 4.56. The number of nitrogens with zero attached hydrogens (tertiary/aromatic N) is 4. The van der Waals surface area contributed by atoms with Gasteiger partial charge in [-0.15, -0.1) is 0 Å². The van der Waals surface area contributed by atoms with Gasteiger partial charge in [0.15, 0.2) is 0 Å². The first-order valence-corrected chi connectivity index (χ1v) is 5.27. The first-order valence-electron chi connectivity index (χ1n) is 3.90. The Hall–Kier alpha value is -1.09. The Labute approximate surface area is 99.8 Å². The van der Waals surface area contributed by atoms with Crippen molar-refractivity contribution in [2.45, 2.75) is 4.82 Å².